The first-order valence-electron chi connectivity index (χ1n) is 9.85. The molecule has 2 aromatic rings. The predicted octanol–water partition coefficient (Wildman–Crippen LogP) is 4.73. The van der Waals surface area contributed by atoms with Crippen molar-refractivity contribution in [1.29, 1.82) is 0 Å². The van der Waals surface area contributed by atoms with Crippen LogP contribution in [0.4, 0.5) is 0 Å². The molecular weight excluding hydrogens is 374 g/mol. The second-order valence-corrected chi connectivity index (χ2v) is 7.08. The topological polar surface area (TPSA) is 62.7 Å². The largest absolute Gasteiger partial charge is 0.497 e. The van der Waals surface area contributed by atoms with E-state index in [1.54, 1.807) is 14.0 Å². The fourth-order valence-corrected chi connectivity index (χ4v) is 3.26. The van der Waals surface area contributed by atoms with E-state index >= 15 is 0 Å². The van der Waals surface area contributed by atoms with Crippen LogP contribution >= 0.6 is 0 Å². The minimum atomic E-state index is -0.0572. The molecule has 5 heteroatoms. The molecule has 1 amide bonds. The molecule has 0 saturated heterocycles. The van der Waals surface area contributed by atoms with Crippen molar-refractivity contribution in [3.8, 4) is 5.75 Å². The highest BCUT2D eigenvalue weighted by Gasteiger charge is 2.17. The average Bonchev–Trinajstić information content (AvgIpc) is 2.75. The number of rotatable bonds is 7. The predicted molar refractivity (Wildman–Crippen MR) is 124 cm³/mol. The Morgan fingerprint density at radius 2 is 1.93 bits per heavy atom. The lowest BCUT2D eigenvalue weighted by Crippen LogP contribution is -2.35. The standard InChI is InChI=1S/C25H27N3O2/c1-6-7-24(18(4)28-23-12-13-26-25(29)16(23)2)27-17(3)19-8-9-21-15-22(30-5)11-10-20(21)14-19/h6-11,14-15,28H,3-4,12-13H2,1-2,5H3,(H,26,29)/b7-6-,27-24?. The molecule has 154 valence electrons. The summed E-state index contributed by atoms with van der Waals surface area (Å²) in [4.78, 5) is 16.6. The fraction of sp³-hybridized carbons (Fsp3) is 0.200. The Kier molecular flexibility index (Phi) is 6.52. The van der Waals surface area contributed by atoms with Crippen molar-refractivity contribution in [3.63, 3.8) is 0 Å². The van der Waals surface area contributed by atoms with Crippen LogP contribution in [0.1, 0.15) is 25.8 Å². The van der Waals surface area contributed by atoms with Crippen molar-refractivity contribution in [2.45, 2.75) is 20.3 Å². The molecule has 0 aliphatic carbocycles. The van der Waals surface area contributed by atoms with Gasteiger partial charge < -0.3 is 15.4 Å². The van der Waals surface area contributed by atoms with Gasteiger partial charge >= 0.3 is 0 Å². The van der Waals surface area contributed by atoms with Crippen LogP contribution in [-0.4, -0.2) is 25.3 Å². The number of allylic oxidation sites excluding steroid dienone is 2. The summed E-state index contributed by atoms with van der Waals surface area (Å²) >= 11 is 0. The van der Waals surface area contributed by atoms with Gasteiger partial charge in [0.1, 0.15) is 5.75 Å². The van der Waals surface area contributed by atoms with E-state index in [4.69, 9.17) is 9.73 Å². The maximum Gasteiger partial charge on any atom is 0.248 e. The van der Waals surface area contributed by atoms with Crippen LogP contribution in [0.15, 0.2) is 83.7 Å². The molecule has 0 radical (unpaired) electrons. The van der Waals surface area contributed by atoms with E-state index in [-0.39, 0.29) is 5.91 Å². The molecule has 0 bridgehead atoms. The molecule has 5 nitrogen and oxygen atoms in total. The summed E-state index contributed by atoms with van der Waals surface area (Å²) in [5, 5.41) is 8.28. The summed E-state index contributed by atoms with van der Waals surface area (Å²) in [5.41, 5.74) is 4.40. The molecule has 1 heterocycles. The van der Waals surface area contributed by atoms with Crippen molar-refractivity contribution < 1.29 is 9.53 Å². The first kappa shape index (κ1) is 21.1. The third kappa shape index (κ3) is 4.69. The lowest BCUT2D eigenvalue weighted by molar-refractivity contribution is -0.117. The van der Waals surface area contributed by atoms with Crippen LogP contribution in [0.2, 0.25) is 0 Å². The first-order valence-corrected chi connectivity index (χ1v) is 9.85. The minimum Gasteiger partial charge on any atom is -0.497 e. The van der Waals surface area contributed by atoms with E-state index in [0.29, 0.717) is 29.2 Å². The van der Waals surface area contributed by atoms with Crippen LogP contribution in [0.5, 0.6) is 5.75 Å². The number of hydrogen-bond acceptors (Lipinski definition) is 4. The van der Waals surface area contributed by atoms with Crippen molar-refractivity contribution in [2.24, 2.45) is 4.99 Å². The molecule has 0 spiro atoms. The van der Waals surface area contributed by atoms with Crippen molar-refractivity contribution in [1.82, 2.24) is 10.6 Å². The summed E-state index contributed by atoms with van der Waals surface area (Å²) in [7, 11) is 1.66. The van der Waals surface area contributed by atoms with E-state index in [0.717, 1.165) is 34.2 Å². The number of hydrogen-bond donors (Lipinski definition) is 2. The fourth-order valence-electron chi connectivity index (χ4n) is 3.26. The zero-order valence-corrected chi connectivity index (χ0v) is 17.7. The highest BCUT2D eigenvalue weighted by atomic mass is 16.5. The zero-order valence-electron chi connectivity index (χ0n) is 17.7. The molecule has 1 aliphatic rings. The van der Waals surface area contributed by atoms with Gasteiger partial charge in [-0.15, -0.1) is 0 Å². The van der Waals surface area contributed by atoms with E-state index in [9.17, 15) is 4.79 Å². The third-order valence-electron chi connectivity index (χ3n) is 5.03. The number of benzene rings is 2. The number of ether oxygens (including phenoxy) is 1. The summed E-state index contributed by atoms with van der Waals surface area (Å²) in [6, 6.07) is 12.0. The normalized spacial score (nSPS) is 14.8. The molecule has 1 aliphatic heterocycles. The lowest BCUT2D eigenvalue weighted by atomic mass is 10.0. The Morgan fingerprint density at radius 1 is 1.20 bits per heavy atom. The van der Waals surface area contributed by atoms with Gasteiger partial charge in [-0.1, -0.05) is 37.4 Å². The SMILES string of the molecule is C=C(NC1=C(C)C(=O)NCC1)C(/C=C\C)=NC(=C)c1ccc2cc(OC)ccc2c1. The summed E-state index contributed by atoms with van der Waals surface area (Å²) in [6.45, 7) is 12.6. The molecule has 2 aromatic carbocycles. The summed E-state index contributed by atoms with van der Waals surface area (Å²) < 4.78 is 5.29. The average molecular weight is 402 g/mol. The molecule has 0 saturated carbocycles. The molecule has 0 fully saturated rings. The van der Waals surface area contributed by atoms with Crippen molar-refractivity contribution in [3.05, 3.63) is 84.2 Å². The molecular formula is C25H27N3O2. The number of methoxy groups -OCH3 is 1. The first-order chi connectivity index (χ1) is 14.4. The Labute approximate surface area is 177 Å². The van der Waals surface area contributed by atoms with Gasteiger partial charge in [0.15, 0.2) is 0 Å². The van der Waals surface area contributed by atoms with Crippen molar-refractivity contribution in [2.75, 3.05) is 13.7 Å². The highest BCUT2D eigenvalue weighted by Crippen LogP contribution is 2.25. The number of amides is 1. The molecule has 0 unspecified atom stereocenters. The van der Waals surface area contributed by atoms with Gasteiger partial charge in [-0.3, -0.25) is 4.79 Å². The number of nitrogens with one attached hydrogen (secondary N) is 2. The summed E-state index contributed by atoms with van der Waals surface area (Å²) in [6.07, 6.45) is 4.51. The Morgan fingerprint density at radius 3 is 2.67 bits per heavy atom. The Balaban J connectivity index is 1.86. The van der Waals surface area contributed by atoms with Gasteiger partial charge in [0.25, 0.3) is 0 Å². The van der Waals surface area contributed by atoms with Crippen LogP contribution in [0.25, 0.3) is 16.5 Å². The maximum absolute atomic E-state index is 11.9. The lowest BCUT2D eigenvalue weighted by Gasteiger charge is -2.21. The second kappa shape index (κ2) is 9.27. The van der Waals surface area contributed by atoms with Gasteiger partial charge in [-0.05, 0) is 48.9 Å². The monoisotopic (exact) mass is 401 g/mol. The highest BCUT2D eigenvalue weighted by molar-refractivity contribution is 6.10. The van der Waals surface area contributed by atoms with E-state index in [1.807, 2.05) is 49.4 Å². The van der Waals surface area contributed by atoms with E-state index in [2.05, 4.69) is 29.9 Å². The number of carbonyl (C=O) groups excluding carboxylic acids is 1. The van der Waals surface area contributed by atoms with Crippen LogP contribution < -0.4 is 15.4 Å². The van der Waals surface area contributed by atoms with E-state index in [1.165, 1.54) is 0 Å². The van der Waals surface area contributed by atoms with Crippen LogP contribution in [0, 0.1) is 0 Å². The van der Waals surface area contributed by atoms with Gasteiger partial charge in [0.05, 0.1) is 24.2 Å². The number of aliphatic imine (C=N–C) groups is 1. The molecule has 2 N–H and O–H groups in total. The quantitative estimate of drug-likeness (QED) is 0.659. The molecule has 0 atom stereocenters. The van der Waals surface area contributed by atoms with Crippen LogP contribution in [0.3, 0.4) is 0 Å². The Hall–Kier alpha value is -3.60. The van der Waals surface area contributed by atoms with Gasteiger partial charge in [0, 0.05) is 29.8 Å². The second-order valence-electron chi connectivity index (χ2n) is 7.08. The molecule has 3 rings (SSSR count). The van der Waals surface area contributed by atoms with Crippen molar-refractivity contribution >= 4 is 28.1 Å². The van der Waals surface area contributed by atoms with E-state index < -0.39 is 0 Å². The molecule has 30 heavy (non-hydrogen) atoms. The van der Waals surface area contributed by atoms with Gasteiger partial charge in [-0.25, -0.2) is 4.99 Å². The van der Waals surface area contributed by atoms with Gasteiger partial charge in [0.2, 0.25) is 5.91 Å². The zero-order chi connectivity index (χ0) is 21.7. The number of fused-ring (bicyclic) bond motifs is 1. The minimum absolute atomic E-state index is 0.0572. The number of carbonyl (C=O) groups is 1. The maximum atomic E-state index is 11.9. The third-order valence-corrected chi connectivity index (χ3v) is 5.03. The summed E-state index contributed by atoms with van der Waals surface area (Å²) in [5.74, 6) is 0.768. The van der Waals surface area contributed by atoms with Gasteiger partial charge in [-0.2, -0.15) is 0 Å². The Bertz CT molecular complexity index is 1110. The van der Waals surface area contributed by atoms with Crippen LogP contribution in [-0.2, 0) is 4.79 Å². The molecule has 0 aromatic heterocycles. The smallest absolute Gasteiger partial charge is 0.248 e. The number of nitrogens with zero attached hydrogens (tertiary/aromatic N) is 1.